The highest BCUT2D eigenvalue weighted by molar-refractivity contribution is 7.97. The van der Waals surface area contributed by atoms with E-state index < -0.39 is 0 Å². The number of aliphatic hydroxyl groups excluding tert-OH is 1. The highest BCUT2D eigenvalue weighted by Gasteiger charge is 2.23. The molecule has 0 aromatic carbocycles. The third-order valence-electron chi connectivity index (χ3n) is 6.30. The Morgan fingerprint density at radius 2 is 2.18 bits per heavy atom. The number of aliphatic hydroxyl groups is 1. The van der Waals surface area contributed by atoms with E-state index in [1.165, 1.54) is 11.3 Å². The number of carbonyl (C=O) groups excluding carboxylic acids is 1. The summed E-state index contributed by atoms with van der Waals surface area (Å²) in [5, 5.41) is 12.6. The Kier molecular flexibility index (Phi) is 8.04. The third kappa shape index (κ3) is 5.52. The van der Waals surface area contributed by atoms with Gasteiger partial charge in [-0.15, -0.1) is 0 Å². The molecule has 1 unspecified atom stereocenters. The van der Waals surface area contributed by atoms with E-state index in [4.69, 9.17) is 0 Å². The first-order valence-electron chi connectivity index (χ1n) is 11.5. The summed E-state index contributed by atoms with van der Waals surface area (Å²) in [5.41, 5.74) is 4.28. The van der Waals surface area contributed by atoms with E-state index in [1.807, 2.05) is 50.2 Å². The maximum atomic E-state index is 11.0. The molecule has 182 valence electrons. The summed E-state index contributed by atoms with van der Waals surface area (Å²) in [5.74, 6) is 1.00. The van der Waals surface area contributed by atoms with Gasteiger partial charge in [0.2, 0.25) is 0 Å². The zero-order chi connectivity index (χ0) is 24.1. The zero-order valence-corrected chi connectivity index (χ0v) is 20.8. The van der Waals surface area contributed by atoms with Gasteiger partial charge in [0.1, 0.15) is 5.82 Å². The smallest absolute Gasteiger partial charge is 0.166 e. The minimum Gasteiger partial charge on any atom is -0.391 e. The topological polar surface area (TPSA) is 91.5 Å². The summed E-state index contributed by atoms with van der Waals surface area (Å²) in [7, 11) is 3.85. The minimum atomic E-state index is -0.200. The summed E-state index contributed by atoms with van der Waals surface area (Å²) < 4.78 is 6.43. The van der Waals surface area contributed by atoms with Gasteiger partial charge in [0, 0.05) is 68.3 Å². The van der Waals surface area contributed by atoms with Crippen LogP contribution in [0.25, 0.3) is 0 Å². The van der Waals surface area contributed by atoms with Crippen molar-refractivity contribution in [3.05, 3.63) is 59.6 Å². The van der Waals surface area contributed by atoms with Crippen LogP contribution in [0.3, 0.4) is 0 Å². The van der Waals surface area contributed by atoms with Gasteiger partial charge in [-0.3, -0.25) is 4.79 Å². The molecule has 2 aliphatic rings. The van der Waals surface area contributed by atoms with Crippen LogP contribution in [0.5, 0.6) is 0 Å². The van der Waals surface area contributed by atoms with Crippen LogP contribution in [-0.2, 0) is 26.7 Å². The van der Waals surface area contributed by atoms with Crippen molar-refractivity contribution in [2.24, 2.45) is 7.05 Å². The van der Waals surface area contributed by atoms with E-state index in [9.17, 15) is 9.90 Å². The molecule has 10 heteroatoms. The van der Waals surface area contributed by atoms with Gasteiger partial charge < -0.3 is 24.5 Å². The molecule has 1 fully saturated rings. The predicted octanol–water partition coefficient (Wildman–Crippen LogP) is 2.24. The van der Waals surface area contributed by atoms with E-state index in [2.05, 4.69) is 35.1 Å². The number of hydrogen-bond acceptors (Lipinski definition) is 8. The number of β-amino-alcohol motifs (C(OH)–C–C–N with tert-alkyl or cyclic N) is 1. The van der Waals surface area contributed by atoms with Crippen LogP contribution in [0.4, 0.5) is 5.82 Å². The fraction of sp³-hybridized carbons (Fsp3) is 0.458. The molecule has 5 rings (SSSR count). The molecule has 2 aliphatic heterocycles. The molecule has 3 aromatic heterocycles. The highest BCUT2D eigenvalue weighted by atomic mass is 32.2. The molecule has 0 aliphatic carbocycles. The molecule has 1 saturated heterocycles. The standard InChI is InChI=1S/C13H16N4OS.C11H17N3O/c1-10-13(5-11(8-18)15(10)2)19-17-4-3-16-9-14-6-12(16)7-17;1-12-7-9-3-2-5-13-11(9)14-6-4-10(15)8-14/h5-6,8-9H,3-4,7H2,1-2H3;2-3,5,10,12,15H,4,6-8H2,1H3. The summed E-state index contributed by atoms with van der Waals surface area (Å²) in [6.07, 6.45) is 7.16. The summed E-state index contributed by atoms with van der Waals surface area (Å²) in [6.45, 7) is 7.30. The number of imidazole rings is 1. The lowest BCUT2D eigenvalue weighted by molar-refractivity contribution is 0.111. The molecule has 2 N–H and O–H groups in total. The Hall–Kier alpha value is -2.66. The second-order valence-corrected chi connectivity index (χ2v) is 9.77. The van der Waals surface area contributed by atoms with Crippen LogP contribution in [0.1, 0.15) is 33.9 Å². The molecule has 0 bridgehead atoms. The van der Waals surface area contributed by atoms with E-state index >= 15 is 0 Å². The maximum absolute atomic E-state index is 11.0. The fourth-order valence-corrected chi connectivity index (χ4v) is 5.35. The Balaban J connectivity index is 0.000000166. The molecule has 0 spiro atoms. The molecule has 9 nitrogen and oxygen atoms in total. The van der Waals surface area contributed by atoms with Crippen LogP contribution >= 0.6 is 11.9 Å². The third-order valence-corrected chi connectivity index (χ3v) is 7.48. The predicted molar refractivity (Wildman–Crippen MR) is 134 cm³/mol. The van der Waals surface area contributed by atoms with Crippen LogP contribution in [-0.4, -0.2) is 67.6 Å². The van der Waals surface area contributed by atoms with Gasteiger partial charge in [-0.2, -0.15) is 0 Å². The van der Waals surface area contributed by atoms with Crippen molar-refractivity contribution in [1.82, 2.24) is 28.7 Å². The lowest BCUT2D eigenvalue weighted by Crippen LogP contribution is -2.27. The lowest BCUT2D eigenvalue weighted by atomic mass is 10.2. The Morgan fingerprint density at radius 3 is 2.88 bits per heavy atom. The number of aldehydes is 1. The SMILES string of the molecule is CNCc1cccnc1N1CCC(O)C1.Cc1c(SN2CCn3cncc3C2)cc(C=O)n1C. The van der Waals surface area contributed by atoms with E-state index in [0.29, 0.717) is 6.54 Å². The second-order valence-electron chi connectivity index (χ2n) is 8.63. The summed E-state index contributed by atoms with van der Waals surface area (Å²) in [6, 6.07) is 5.98. The Labute approximate surface area is 204 Å². The number of fused-ring (bicyclic) bond motifs is 1. The average Bonchev–Trinajstić information content (AvgIpc) is 3.56. The summed E-state index contributed by atoms with van der Waals surface area (Å²) >= 11 is 1.72. The number of aromatic nitrogens is 4. The van der Waals surface area contributed by atoms with Gasteiger partial charge in [0.15, 0.2) is 6.29 Å². The van der Waals surface area contributed by atoms with Crippen LogP contribution in [0.2, 0.25) is 0 Å². The van der Waals surface area contributed by atoms with Crippen molar-refractivity contribution in [2.45, 2.75) is 44.0 Å². The fourth-order valence-electron chi connectivity index (χ4n) is 4.25. The molecular weight excluding hydrogens is 450 g/mol. The molecule has 0 saturated carbocycles. The van der Waals surface area contributed by atoms with Crippen molar-refractivity contribution in [3.8, 4) is 0 Å². The normalized spacial score (nSPS) is 17.9. The van der Waals surface area contributed by atoms with Gasteiger partial charge in [-0.1, -0.05) is 6.07 Å². The number of carbonyl (C=O) groups is 1. The van der Waals surface area contributed by atoms with Gasteiger partial charge in [-0.25, -0.2) is 14.3 Å². The molecule has 34 heavy (non-hydrogen) atoms. The molecular formula is C24H33N7O2S. The van der Waals surface area contributed by atoms with Gasteiger partial charge in [0.05, 0.1) is 30.4 Å². The van der Waals surface area contributed by atoms with Crippen molar-refractivity contribution in [2.75, 3.05) is 31.6 Å². The molecule has 5 heterocycles. The average molecular weight is 484 g/mol. The van der Waals surface area contributed by atoms with E-state index in [-0.39, 0.29) is 6.10 Å². The molecule has 3 aromatic rings. The number of pyridine rings is 1. The van der Waals surface area contributed by atoms with Crippen molar-refractivity contribution in [1.29, 1.82) is 0 Å². The number of rotatable bonds is 6. The number of hydrogen-bond donors (Lipinski definition) is 2. The van der Waals surface area contributed by atoms with Gasteiger partial charge >= 0.3 is 0 Å². The van der Waals surface area contributed by atoms with Crippen molar-refractivity contribution in [3.63, 3.8) is 0 Å². The first-order chi connectivity index (χ1) is 16.5. The first kappa shape index (κ1) is 24.5. The molecule has 0 radical (unpaired) electrons. The zero-order valence-electron chi connectivity index (χ0n) is 20.0. The monoisotopic (exact) mass is 483 g/mol. The van der Waals surface area contributed by atoms with Crippen molar-refractivity contribution >= 4 is 24.1 Å². The second kappa shape index (κ2) is 11.2. The minimum absolute atomic E-state index is 0.200. The highest BCUT2D eigenvalue weighted by Crippen LogP contribution is 2.30. The van der Waals surface area contributed by atoms with Gasteiger partial charge in [-0.05, 0) is 44.5 Å². The van der Waals surface area contributed by atoms with Crippen LogP contribution in [0, 0.1) is 6.92 Å². The maximum Gasteiger partial charge on any atom is 0.166 e. The summed E-state index contributed by atoms with van der Waals surface area (Å²) in [4.78, 5) is 22.8. The van der Waals surface area contributed by atoms with E-state index in [1.54, 1.807) is 18.1 Å². The molecule has 0 amide bonds. The quantitative estimate of drug-likeness (QED) is 0.408. The number of nitrogens with zero attached hydrogens (tertiary/aromatic N) is 6. The number of nitrogens with one attached hydrogen (secondary N) is 1. The van der Waals surface area contributed by atoms with Crippen LogP contribution < -0.4 is 10.2 Å². The molecule has 1 atom stereocenters. The van der Waals surface area contributed by atoms with Crippen molar-refractivity contribution < 1.29 is 9.90 Å². The number of anilines is 1. The Bertz CT molecular complexity index is 1110. The lowest BCUT2D eigenvalue weighted by Gasteiger charge is -2.26. The first-order valence-corrected chi connectivity index (χ1v) is 12.3. The van der Waals surface area contributed by atoms with Crippen LogP contribution in [0.15, 0.2) is 41.8 Å². The van der Waals surface area contributed by atoms with E-state index in [0.717, 1.165) is 67.5 Å². The largest absolute Gasteiger partial charge is 0.391 e. The Morgan fingerprint density at radius 1 is 1.32 bits per heavy atom. The van der Waals surface area contributed by atoms with Gasteiger partial charge in [0.25, 0.3) is 0 Å².